The monoisotopic (exact) mass is 255 g/mol. The molecule has 68 valence electrons. The van der Waals surface area contributed by atoms with Crippen LogP contribution >= 0.6 is 27.3 Å². The molecule has 0 saturated heterocycles. The third kappa shape index (κ3) is 1.36. The van der Waals surface area contributed by atoms with E-state index in [1.54, 1.807) is 11.3 Å². The number of alkyl halides is 1. The van der Waals surface area contributed by atoms with E-state index in [0.29, 0.717) is 0 Å². The summed E-state index contributed by atoms with van der Waals surface area (Å²) in [6.45, 7) is 2.05. The second-order valence-corrected chi connectivity index (χ2v) is 4.54. The normalized spacial score (nSPS) is 10.9. The van der Waals surface area contributed by atoms with Crippen molar-refractivity contribution in [2.24, 2.45) is 0 Å². The van der Waals surface area contributed by atoms with Crippen molar-refractivity contribution >= 4 is 43.0 Å². The van der Waals surface area contributed by atoms with Crippen molar-refractivity contribution in [3.05, 3.63) is 28.6 Å². The highest BCUT2D eigenvalue weighted by Crippen LogP contribution is 2.32. The lowest BCUT2D eigenvalue weighted by Gasteiger charge is -2.07. The molecule has 0 aliphatic heterocycles. The van der Waals surface area contributed by atoms with Gasteiger partial charge < -0.3 is 5.73 Å². The number of thiophene rings is 1. The minimum absolute atomic E-state index is 0.831. The molecule has 2 aromatic rings. The first kappa shape index (κ1) is 9.03. The summed E-state index contributed by atoms with van der Waals surface area (Å²) in [6.07, 6.45) is 0. The fraction of sp³-hybridized carbons (Fsp3) is 0.200. The smallest absolute Gasteiger partial charge is 0.0403 e. The maximum absolute atomic E-state index is 6.00. The molecule has 0 bridgehead atoms. The third-order valence-corrected chi connectivity index (χ3v) is 3.78. The third-order valence-electron chi connectivity index (χ3n) is 2.23. The summed E-state index contributed by atoms with van der Waals surface area (Å²) in [5, 5.41) is 4.24. The highest BCUT2D eigenvalue weighted by molar-refractivity contribution is 9.08. The molecule has 0 spiro atoms. The molecule has 0 fully saturated rings. The summed E-state index contributed by atoms with van der Waals surface area (Å²) >= 11 is 5.23. The molecule has 1 heterocycles. The quantitative estimate of drug-likeness (QED) is 0.611. The first-order valence-corrected chi connectivity index (χ1v) is 6.05. The highest BCUT2D eigenvalue weighted by atomic mass is 79.9. The first-order chi connectivity index (χ1) is 6.24. The maximum Gasteiger partial charge on any atom is 0.0403 e. The van der Waals surface area contributed by atoms with Crippen LogP contribution in [0.1, 0.15) is 11.1 Å². The molecule has 2 N–H and O–H groups in total. The number of rotatable bonds is 1. The van der Waals surface area contributed by atoms with Crippen LogP contribution in [-0.2, 0) is 5.33 Å². The summed E-state index contributed by atoms with van der Waals surface area (Å²) in [6, 6.07) is 4.28. The topological polar surface area (TPSA) is 26.0 Å². The van der Waals surface area contributed by atoms with E-state index < -0.39 is 0 Å². The summed E-state index contributed by atoms with van der Waals surface area (Å²) < 4.78 is 1.31. The Morgan fingerprint density at radius 3 is 3.00 bits per heavy atom. The van der Waals surface area contributed by atoms with Gasteiger partial charge in [0.25, 0.3) is 0 Å². The number of benzene rings is 1. The summed E-state index contributed by atoms with van der Waals surface area (Å²) in [5.74, 6) is 0. The van der Waals surface area contributed by atoms with Gasteiger partial charge in [-0.15, -0.1) is 11.3 Å². The standard InChI is InChI=1S/C10H10BrNS/c1-6-4-7-2-3-13-10(7)8(5-11)9(6)12/h2-4H,5,12H2,1H3. The van der Waals surface area contributed by atoms with Crippen molar-refractivity contribution in [3.8, 4) is 0 Å². The molecule has 0 aliphatic rings. The van der Waals surface area contributed by atoms with Crippen molar-refractivity contribution < 1.29 is 0 Å². The maximum atomic E-state index is 6.00. The van der Waals surface area contributed by atoms with E-state index in [1.165, 1.54) is 21.2 Å². The average Bonchev–Trinajstić information content (AvgIpc) is 2.54. The Hall–Kier alpha value is -0.540. The molecule has 1 aromatic carbocycles. The molecule has 0 saturated carbocycles. The van der Waals surface area contributed by atoms with Gasteiger partial charge in [0, 0.05) is 21.3 Å². The molecular formula is C10H10BrNS. The van der Waals surface area contributed by atoms with Crippen LogP contribution in [0.25, 0.3) is 10.1 Å². The van der Waals surface area contributed by atoms with Crippen LogP contribution in [0.2, 0.25) is 0 Å². The Balaban J connectivity index is 2.87. The lowest BCUT2D eigenvalue weighted by Crippen LogP contribution is -1.95. The predicted molar refractivity (Wildman–Crippen MR) is 63.6 cm³/mol. The van der Waals surface area contributed by atoms with Crippen LogP contribution in [0.5, 0.6) is 0 Å². The van der Waals surface area contributed by atoms with Gasteiger partial charge in [0.2, 0.25) is 0 Å². The molecule has 3 heteroatoms. The zero-order chi connectivity index (χ0) is 9.42. The molecule has 0 radical (unpaired) electrons. The van der Waals surface area contributed by atoms with E-state index in [4.69, 9.17) is 5.73 Å². The molecule has 2 rings (SSSR count). The summed E-state index contributed by atoms with van der Waals surface area (Å²) in [7, 11) is 0. The SMILES string of the molecule is Cc1cc2ccsc2c(CBr)c1N. The average molecular weight is 256 g/mol. The zero-order valence-corrected chi connectivity index (χ0v) is 9.71. The van der Waals surface area contributed by atoms with Crippen LogP contribution in [0.4, 0.5) is 5.69 Å². The lowest BCUT2D eigenvalue weighted by atomic mass is 10.1. The second-order valence-electron chi connectivity index (χ2n) is 3.06. The van der Waals surface area contributed by atoms with Crippen LogP contribution in [0.3, 0.4) is 0 Å². The van der Waals surface area contributed by atoms with Crippen LogP contribution in [0.15, 0.2) is 17.5 Å². The number of fused-ring (bicyclic) bond motifs is 1. The number of hydrogen-bond donors (Lipinski definition) is 1. The first-order valence-electron chi connectivity index (χ1n) is 4.05. The Morgan fingerprint density at radius 1 is 1.54 bits per heavy atom. The predicted octanol–water partition coefficient (Wildman–Crippen LogP) is 3.69. The zero-order valence-electron chi connectivity index (χ0n) is 7.30. The van der Waals surface area contributed by atoms with E-state index in [1.807, 2.05) is 0 Å². The number of aryl methyl sites for hydroxylation is 1. The van der Waals surface area contributed by atoms with Gasteiger partial charge in [-0.2, -0.15) is 0 Å². The molecule has 0 unspecified atom stereocenters. The molecule has 0 atom stereocenters. The number of nitrogen functional groups attached to an aromatic ring is 1. The van der Waals surface area contributed by atoms with E-state index in [2.05, 4.69) is 40.4 Å². The molecule has 1 nitrogen and oxygen atoms in total. The van der Waals surface area contributed by atoms with E-state index in [-0.39, 0.29) is 0 Å². The van der Waals surface area contributed by atoms with Crippen LogP contribution in [-0.4, -0.2) is 0 Å². The Morgan fingerprint density at radius 2 is 2.31 bits per heavy atom. The van der Waals surface area contributed by atoms with Crippen molar-refractivity contribution in [2.45, 2.75) is 12.3 Å². The Kier molecular flexibility index (Phi) is 2.30. The van der Waals surface area contributed by atoms with Crippen LogP contribution in [0, 0.1) is 6.92 Å². The van der Waals surface area contributed by atoms with E-state index in [9.17, 15) is 0 Å². The molecular weight excluding hydrogens is 246 g/mol. The molecule has 13 heavy (non-hydrogen) atoms. The van der Waals surface area contributed by atoms with Gasteiger partial charge >= 0.3 is 0 Å². The van der Waals surface area contributed by atoms with E-state index >= 15 is 0 Å². The largest absolute Gasteiger partial charge is 0.398 e. The van der Waals surface area contributed by atoms with E-state index in [0.717, 1.165) is 11.0 Å². The lowest BCUT2D eigenvalue weighted by molar-refractivity contribution is 1.42. The minimum atomic E-state index is 0.831. The van der Waals surface area contributed by atoms with Gasteiger partial charge in [0.1, 0.15) is 0 Å². The van der Waals surface area contributed by atoms with Crippen molar-refractivity contribution in [3.63, 3.8) is 0 Å². The fourth-order valence-electron chi connectivity index (χ4n) is 1.48. The molecule has 1 aromatic heterocycles. The van der Waals surface area contributed by atoms with Gasteiger partial charge in [-0.3, -0.25) is 0 Å². The summed E-state index contributed by atoms with van der Waals surface area (Å²) in [4.78, 5) is 0. The van der Waals surface area contributed by atoms with Crippen molar-refractivity contribution in [1.29, 1.82) is 0 Å². The van der Waals surface area contributed by atoms with Gasteiger partial charge in [-0.1, -0.05) is 15.9 Å². The van der Waals surface area contributed by atoms with Gasteiger partial charge in [-0.05, 0) is 35.4 Å². The highest BCUT2D eigenvalue weighted by Gasteiger charge is 2.07. The van der Waals surface area contributed by atoms with Crippen molar-refractivity contribution in [1.82, 2.24) is 0 Å². The summed E-state index contributed by atoms with van der Waals surface area (Å²) in [5.41, 5.74) is 9.31. The number of nitrogens with two attached hydrogens (primary N) is 1. The van der Waals surface area contributed by atoms with Crippen molar-refractivity contribution in [2.75, 3.05) is 5.73 Å². The molecule has 0 aliphatic carbocycles. The van der Waals surface area contributed by atoms with Crippen LogP contribution < -0.4 is 5.73 Å². The van der Waals surface area contributed by atoms with Gasteiger partial charge in [0.15, 0.2) is 0 Å². The van der Waals surface area contributed by atoms with Gasteiger partial charge in [-0.25, -0.2) is 0 Å². The van der Waals surface area contributed by atoms with Gasteiger partial charge in [0.05, 0.1) is 0 Å². The number of anilines is 1. The Labute approximate surface area is 89.7 Å². The number of halogens is 1. The minimum Gasteiger partial charge on any atom is -0.398 e. The number of hydrogen-bond acceptors (Lipinski definition) is 2. The second kappa shape index (κ2) is 3.31. The molecule has 0 amide bonds. The fourth-order valence-corrected chi connectivity index (χ4v) is 3.19. The Bertz CT molecular complexity index is 447.